The van der Waals surface area contributed by atoms with E-state index < -0.39 is 5.91 Å². The largest absolute Gasteiger partial charge is 0.484 e. The van der Waals surface area contributed by atoms with Crippen LogP contribution in [0.5, 0.6) is 5.75 Å². The number of rotatable bonds is 5. The number of pyridine rings is 2. The van der Waals surface area contributed by atoms with E-state index in [4.69, 9.17) is 4.74 Å². The van der Waals surface area contributed by atoms with E-state index >= 15 is 0 Å². The molecule has 0 fully saturated rings. The first kappa shape index (κ1) is 21.8. The van der Waals surface area contributed by atoms with Crippen LogP contribution in [-0.2, 0) is 11.3 Å². The molecule has 8 heteroatoms. The van der Waals surface area contributed by atoms with Crippen LogP contribution in [0.1, 0.15) is 11.1 Å². The van der Waals surface area contributed by atoms with Gasteiger partial charge in [0.1, 0.15) is 23.1 Å². The van der Waals surface area contributed by atoms with Crippen LogP contribution in [0.25, 0.3) is 16.7 Å². The molecule has 0 atom stereocenters. The minimum absolute atomic E-state index is 0.0938. The first-order valence-corrected chi connectivity index (χ1v) is 10.9. The van der Waals surface area contributed by atoms with Gasteiger partial charge in [0.05, 0.1) is 17.5 Å². The first-order chi connectivity index (χ1) is 17.1. The van der Waals surface area contributed by atoms with Crippen molar-refractivity contribution in [2.45, 2.75) is 6.54 Å². The number of hydrogen-bond donors (Lipinski definition) is 0. The van der Waals surface area contributed by atoms with Gasteiger partial charge in [-0.25, -0.2) is 4.98 Å². The van der Waals surface area contributed by atoms with Gasteiger partial charge >= 0.3 is 0 Å². The summed E-state index contributed by atoms with van der Waals surface area (Å²) in [5.41, 5.74) is 1.58. The zero-order chi connectivity index (χ0) is 24.2. The summed E-state index contributed by atoms with van der Waals surface area (Å²) in [6.45, 7) is -0.0416. The molecule has 0 aliphatic rings. The molecule has 0 spiro atoms. The van der Waals surface area contributed by atoms with Crippen molar-refractivity contribution >= 4 is 22.6 Å². The SMILES string of the molecule is N#Cc1cc2c(=O)n3ccccc3nc2n(Cc2ccccc2)c1=NC(=O)COc1ccccc1. The Labute approximate surface area is 199 Å². The minimum Gasteiger partial charge on any atom is -0.484 e. The minimum atomic E-state index is -0.566. The van der Waals surface area contributed by atoms with Crippen LogP contribution in [0.3, 0.4) is 0 Å². The van der Waals surface area contributed by atoms with Gasteiger partial charge in [0.15, 0.2) is 12.1 Å². The van der Waals surface area contributed by atoms with Gasteiger partial charge < -0.3 is 9.30 Å². The van der Waals surface area contributed by atoms with Crippen molar-refractivity contribution < 1.29 is 9.53 Å². The summed E-state index contributed by atoms with van der Waals surface area (Å²) in [4.78, 5) is 34.9. The molecule has 5 aromatic rings. The van der Waals surface area contributed by atoms with E-state index in [1.54, 1.807) is 53.2 Å². The highest BCUT2D eigenvalue weighted by atomic mass is 16.5. The lowest BCUT2D eigenvalue weighted by Crippen LogP contribution is -2.30. The lowest BCUT2D eigenvalue weighted by atomic mass is 10.2. The number of fused-ring (bicyclic) bond motifs is 2. The van der Waals surface area contributed by atoms with Crippen LogP contribution in [-0.4, -0.2) is 26.5 Å². The van der Waals surface area contributed by atoms with Crippen LogP contribution >= 0.6 is 0 Å². The molecule has 0 aliphatic heterocycles. The van der Waals surface area contributed by atoms with Crippen LogP contribution in [0, 0.1) is 11.3 Å². The molecule has 35 heavy (non-hydrogen) atoms. The Bertz CT molecular complexity index is 1720. The summed E-state index contributed by atoms with van der Waals surface area (Å²) in [5, 5.41) is 10.2. The Hall–Kier alpha value is -5.03. The van der Waals surface area contributed by atoms with Gasteiger partial charge in [-0.2, -0.15) is 10.3 Å². The molecule has 3 aromatic heterocycles. The number of amides is 1. The number of carbonyl (C=O) groups is 1. The van der Waals surface area contributed by atoms with Gasteiger partial charge in [-0.3, -0.25) is 14.0 Å². The van der Waals surface area contributed by atoms with Crippen molar-refractivity contribution in [2.75, 3.05) is 6.61 Å². The summed E-state index contributed by atoms with van der Waals surface area (Å²) in [7, 11) is 0. The molecule has 0 radical (unpaired) electrons. The fourth-order valence-corrected chi connectivity index (χ4v) is 3.81. The molecule has 0 saturated carbocycles. The number of nitriles is 1. The quantitative estimate of drug-likeness (QED) is 0.375. The van der Waals surface area contributed by atoms with Crippen molar-refractivity contribution in [1.29, 1.82) is 5.26 Å². The van der Waals surface area contributed by atoms with E-state index in [1.807, 2.05) is 36.4 Å². The van der Waals surface area contributed by atoms with E-state index in [2.05, 4.69) is 16.0 Å². The second-order valence-corrected chi connectivity index (χ2v) is 7.76. The fraction of sp³-hybridized carbons (Fsp3) is 0.0741. The molecular weight excluding hydrogens is 442 g/mol. The van der Waals surface area contributed by atoms with E-state index in [0.29, 0.717) is 17.0 Å². The van der Waals surface area contributed by atoms with Gasteiger partial charge in [0, 0.05) is 6.20 Å². The summed E-state index contributed by atoms with van der Waals surface area (Å²) in [6.07, 6.45) is 1.63. The first-order valence-electron chi connectivity index (χ1n) is 10.9. The molecule has 8 nitrogen and oxygen atoms in total. The normalized spacial score (nSPS) is 11.5. The number of carbonyl (C=O) groups excluding carboxylic acids is 1. The molecule has 1 amide bonds. The lowest BCUT2D eigenvalue weighted by molar-refractivity contribution is -0.120. The van der Waals surface area contributed by atoms with E-state index in [1.165, 1.54) is 10.5 Å². The van der Waals surface area contributed by atoms with Crippen molar-refractivity contribution in [3.05, 3.63) is 118 Å². The molecule has 0 aliphatic carbocycles. The van der Waals surface area contributed by atoms with Gasteiger partial charge in [-0.15, -0.1) is 0 Å². The Kier molecular flexibility index (Phi) is 5.89. The molecular formula is C27H19N5O3. The van der Waals surface area contributed by atoms with Crippen LogP contribution in [0.15, 0.2) is 101 Å². The average Bonchev–Trinajstić information content (AvgIpc) is 2.90. The number of hydrogen-bond acceptors (Lipinski definition) is 5. The van der Waals surface area contributed by atoms with Crippen molar-refractivity contribution in [2.24, 2.45) is 4.99 Å². The van der Waals surface area contributed by atoms with Crippen molar-refractivity contribution in [3.63, 3.8) is 0 Å². The van der Waals surface area contributed by atoms with E-state index in [-0.39, 0.29) is 35.1 Å². The second-order valence-electron chi connectivity index (χ2n) is 7.76. The maximum atomic E-state index is 13.2. The topological polar surface area (TPSA) is 102 Å². The monoisotopic (exact) mass is 461 g/mol. The summed E-state index contributed by atoms with van der Waals surface area (Å²) in [5.74, 6) is -0.0302. The van der Waals surface area contributed by atoms with Gasteiger partial charge in [0.2, 0.25) is 0 Å². The predicted octanol–water partition coefficient (Wildman–Crippen LogP) is 3.08. The average molecular weight is 461 g/mol. The molecule has 0 bridgehead atoms. The Morgan fingerprint density at radius 2 is 1.71 bits per heavy atom. The highest BCUT2D eigenvalue weighted by molar-refractivity contribution is 5.80. The van der Waals surface area contributed by atoms with Crippen LogP contribution in [0.4, 0.5) is 0 Å². The maximum Gasteiger partial charge on any atom is 0.285 e. The van der Waals surface area contributed by atoms with Crippen molar-refractivity contribution in [3.8, 4) is 11.8 Å². The van der Waals surface area contributed by atoms with Gasteiger partial charge in [0.25, 0.3) is 11.5 Å². The maximum absolute atomic E-state index is 13.2. The molecule has 2 aromatic carbocycles. The summed E-state index contributed by atoms with van der Waals surface area (Å²) >= 11 is 0. The molecule has 0 saturated heterocycles. The van der Waals surface area contributed by atoms with Crippen molar-refractivity contribution in [1.82, 2.24) is 14.0 Å². The highest BCUT2D eigenvalue weighted by Crippen LogP contribution is 2.13. The standard InChI is InChI=1S/C27H19N5O3/c28-16-20-15-22-26(29-23-13-7-8-14-31(23)27(22)34)32(17-19-9-3-1-4-10-19)25(20)30-24(33)18-35-21-11-5-2-6-12-21/h1-15H,17-18H2. The number of para-hydroxylation sites is 1. The fourth-order valence-electron chi connectivity index (χ4n) is 3.81. The van der Waals surface area contributed by atoms with Gasteiger partial charge in [-0.1, -0.05) is 54.6 Å². The number of aromatic nitrogens is 3. The zero-order valence-corrected chi connectivity index (χ0v) is 18.5. The van der Waals surface area contributed by atoms with E-state index in [9.17, 15) is 14.9 Å². The summed E-state index contributed by atoms with van der Waals surface area (Å²) in [6, 6.07) is 27.2. The Morgan fingerprint density at radius 1 is 1.00 bits per heavy atom. The lowest BCUT2D eigenvalue weighted by Gasteiger charge is -2.14. The Balaban J connectivity index is 1.72. The summed E-state index contributed by atoms with van der Waals surface area (Å²) < 4.78 is 8.59. The smallest absolute Gasteiger partial charge is 0.285 e. The molecule has 5 rings (SSSR count). The third-order valence-corrected chi connectivity index (χ3v) is 5.43. The second kappa shape index (κ2) is 9.45. The number of benzene rings is 2. The van der Waals surface area contributed by atoms with E-state index in [0.717, 1.165) is 5.56 Å². The number of nitrogens with zero attached hydrogens (tertiary/aromatic N) is 5. The third-order valence-electron chi connectivity index (χ3n) is 5.43. The zero-order valence-electron chi connectivity index (χ0n) is 18.5. The Morgan fingerprint density at radius 3 is 2.46 bits per heavy atom. The molecule has 170 valence electrons. The predicted molar refractivity (Wildman–Crippen MR) is 130 cm³/mol. The highest BCUT2D eigenvalue weighted by Gasteiger charge is 2.15. The molecule has 3 heterocycles. The molecule has 0 N–H and O–H groups in total. The van der Waals surface area contributed by atoms with Gasteiger partial charge in [-0.05, 0) is 35.9 Å². The van der Waals surface area contributed by atoms with Crippen LogP contribution < -0.4 is 15.8 Å². The molecule has 0 unspecified atom stereocenters. The van der Waals surface area contributed by atoms with Crippen LogP contribution in [0.2, 0.25) is 0 Å². The third kappa shape index (κ3) is 4.43. The number of ether oxygens (including phenoxy) is 1.